The molecule has 2 rings (SSSR count). The summed E-state index contributed by atoms with van der Waals surface area (Å²) in [7, 11) is 0. The number of aliphatic carboxylic acids is 1. The van der Waals surface area contributed by atoms with Crippen molar-refractivity contribution in [2.75, 3.05) is 13.2 Å². The molecule has 2 heterocycles. The molecule has 4 nitrogen and oxygen atoms in total. The maximum absolute atomic E-state index is 11.5. The molecule has 1 aliphatic rings. The monoisotopic (exact) mass is 299 g/mol. The highest BCUT2D eigenvalue weighted by atomic mass is 79.9. The summed E-state index contributed by atoms with van der Waals surface area (Å²) in [5.41, 5.74) is 0.254. The van der Waals surface area contributed by atoms with Gasteiger partial charge in [0.25, 0.3) is 0 Å². The number of carboxylic acid groups (broad SMARTS) is 1. The zero-order chi connectivity index (χ0) is 12.3. The fourth-order valence-electron chi connectivity index (χ4n) is 2.17. The second kappa shape index (κ2) is 5.14. The van der Waals surface area contributed by atoms with Crippen molar-refractivity contribution in [3.63, 3.8) is 0 Å². The highest BCUT2D eigenvalue weighted by molar-refractivity contribution is 9.10. The van der Waals surface area contributed by atoms with Gasteiger partial charge >= 0.3 is 5.97 Å². The van der Waals surface area contributed by atoms with E-state index in [-0.39, 0.29) is 0 Å². The Morgan fingerprint density at radius 2 is 2.18 bits per heavy atom. The van der Waals surface area contributed by atoms with Crippen LogP contribution >= 0.6 is 15.9 Å². The number of carboxylic acids is 1. The molecule has 92 valence electrons. The number of ether oxygens (including phenoxy) is 1. The van der Waals surface area contributed by atoms with Crippen molar-refractivity contribution in [2.45, 2.75) is 19.3 Å². The van der Waals surface area contributed by atoms with Crippen LogP contribution in [0.2, 0.25) is 0 Å². The van der Waals surface area contributed by atoms with Crippen LogP contribution in [0.15, 0.2) is 22.9 Å². The quantitative estimate of drug-likeness (QED) is 0.930. The van der Waals surface area contributed by atoms with Crippen LogP contribution < -0.4 is 0 Å². The lowest BCUT2D eigenvalue weighted by Gasteiger charge is -2.33. The van der Waals surface area contributed by atoms with E-state index in [1.54, 1.807) is 12.4 Å². The first-order valence-corrected chi connectivity index (χ1v) is 6.32. The summed E-state index contributed by atoms with van der Waals surface area (Å²) in [4.78, 5) is 15.5. The lowest BCUT2D eigenvalue weighted by Crippen LogP contribution is -2.39. The van der Waals surface area contributed by atoms with Gasteiger partial charge in [0.1, 0.15) is 0 Å². The van der Waals surface area contributed by atoms with Gasteiger partial charge in [-0.1, -0.05) is 0 Å². The van der Waals surface area contributed by atoms with E-state index < -0.39 is 11.4 Å². The highest BCUT2D eigenvalue weighted by Gasteiger charge is 2.40. The molecule has 0 spiro atoms. The Morgan fingerprint density at radius 3 is 2.76 bits per heavy atom. The van der Waals surface area contributed by atoms with Crippen molar-refractivity contribution in [2.24, 2.45) is 5.41 Å². The number of aromatic nitrogens is 1. The van der Waals surface area contributed by atoms with E-state index in [4.69, 9.17) is 4.74 Å². The molecule has 1 N–H and O–H groups in total. The molecule has 1 fully saturated rings. The third kappa shape index (κ3) is 2.84. The largest absolute Gasteiger partial charge is 0.481 e. The molecule has 0 bridgehead atoms. The van der Waals surface area contributed by atoms with Crippen molar-refractivity contribution >= 4 is 21.9 Å². The van der Waals surface area contributed by atoms with Crippen molar-refractivity contribution in [3.05, 3.63) is 28.5 Å². The van der Waals surface area contributed by atoms with Crippen LogP contribution in [0.3, 0.4) is 0 Å². The van der Waals surface area contributed by atoms with Crippen molar-refractivity contribution in [3.8, 4) is 0 Å². The van der Waals surface area contributed by atoms with Crippen LogP contribution in [0.1, 0.15) is 18.4 Å². The van der Waals surface area contributed by atoms with Gasteiger partial charge in [0.05, 0.1) is 5.41 Å². The maximum atomic E-state index is 11.5. The molecule has 5 heteroatoms. The lowest BCUT2D eigenvalue weighted by atomic mass is 9.75. The predicted octanol–water partition coefficient (Wildman–Crippen LogP) is 2.27. The Morgan fingerprint density at radius 1 is 1.47 bits per heavy atom. The fourth-order valence-corrected chi connectivity index (χ4v) is 2.58. The Balaban J connectivity index is 2.20. The first kappa shape index (κ1) is 12.5. The van der Waals surface area contributed by atoms with Gasteiger partial charge in [-0.3, -0.25) is 9.78 Å². The van der Waals surface area contributed by atoms with Crippen LogP contribution in [-0.4, -0.2) is 29.3 Å². The minimum Gasteiger partial charge on any atom is -0.481 e. The molecule has 0 unspecified atom stereocenters. The third-order valence-electron chi connectivity index (χ3n) is 3.21. The number of nitrogens with zero attached hydrogens (tertiary/aromatic N) is 1. The van der Waals surface area contributed by atoms with E-state index in [1.165, 1.54) is 0 Å². The van der Waals surface area contributed by atoms with Gasteiger partial charge in [-0.15, -0.1) is 0 Å². The molecular weight excluding hydrogens is 286 g/mol. The van der Waals surface area contributed by atoms with Crippen LogP contribution in [0.5, 0.6) is 0 Å². The summed E-state index contributed by atoms with van der Waals surface area (Å²) in [6.07, 6.45) is 5.06. The molecule has 1 aromatic rings. The van der Waals surface area contributed by atoms with Crippen LogP contribution in [0.4, 0.5) is 0 Å². The van der Waals surface area contributed by atoms with Gasteiger partial charge in [-0.2, -0.15) is 0 Å². The predicted molar refractivity (Wildman–Crippen MR) is 65.8 cm³/mol. The van der Waals surface area contributed by atoms with E-state index >= 15 is 0 Å². The minimum atomic E-state index is -0.735. The standard InChI is InChI=1S/C12H14BrNO3/c13-10-5-9(7-14-8-10)6-12(11(15)16)1-3-17-4-2-12/h5,7-8H,1-4,6H2,(H,15,16). The zero-order valence-electron chi connectivity index (χ0n) is 9.36. The number of hydrogen-bond acceptors (Lipinski definition) is 3. The minimum absolute atomic E-state index is 0.512. The number of pyridine rings is 1. The van der Waals surface area contributed by atoms with E-state index in [9.17, 15) is 9.90 Å². The van der Waals surface area contributed by atoms with Gasteiger partial charge in [0.15, 0.2) is 0 Å². The number of carbonyl (C=O) groups is 1. The van der Waals surface area contributed by atoms with Crippen molar-refractivity contribution in [1.82, 2.24) is 4.98 Å². The van der Waals surface area contributed by atoms with E-state index in [1.807, 2.05) is 6.07 Å². The average Bonchev–Trinajstić information content (AvgIpc) is 2.30. The summed E-state index contributed by atoms with van der Waals surface area (Å²) < 4.78 is 6.13. The molecule has 1 aromatic heterocycles. The average molecular weight is 300 g/mol. The van der Waals surface area contributed by atoms with Gasteiger partial charge < -0.3 is 9.84 Å². The summed E-state index contributed by atoms with van der Waals surface area (Å²) in [5, 5.41) is 9.43. The van der Waals surface area contributed by atoms with E-state index in [0.717, 1.165) is 10.0 Å². The SMILES string of the molecule is O=C(O)C1(Cc2cncc(Br)c2)CCOCC1. The Hall–Kier alpha value is -0.940. The van der Waals surface area contributed by atoms with Gasteiger partial charge in [0, 0.05) is 30.1 Å². The number of rotatable bonds is 3. The van der Waals surface area contributed by atoms with E-state index in [0.29, 0.717) is 32.5 Å². The molecule has 0 amide bonds. The first-order chi connectivity index (χ1) is 8.12. The molecule has 0 aliphatic carbocycles. The molecule has 17 heavy (non-hydrogen) atoms. The number of hydrogen-bond donors (Lipinski definition) is 1. The van der Waals surface area contributed by atoms with Crippen LogP contribution in [-0.2, 0) is 16.0 Å². The highest BCUT2D eigenvalue weighted by Crippen LogP contribution is 2.34. The molecule has 1 aliphatic heterocycles. The summed E-state index contributed by atoms with van der Waals surface area (Å²) in [6.45, 7) is 1.04. The van der Waals surface area contributed by atoms with Gasteiger partial charge in [-0.25, -0.2) is 0 Å². The van der Waals surface area contributed by atoms with Gasteiger partial charge in [0.2, 0.25) is 0 Å². The number of halogens is 1. The molecule has 0 radical (unpaired) electrons. The normalized spacial score (nSPS) is 18.9. The second-order valence-electron chi connectivity index (χ2n) is 4.39. The van der Waals surface area contributed by atoms with Crippen LogP contribution in [0, 0.1) is 5.41 Å². The summed E-state index contributed by atoms with van der Waals surface area (Å²) >= 11 is 3.35. The molecule has 1 saturated heterocycles. The van der Waals surface area contributed by atoms with E-state index in [2.05, 4.69) is 20.9 Å². The Bertz CT molecular complexity index is 416. The van der Waals surface area contributed by atoms with Gasteiger partial charge in [-0.05, 0) is 46.8 Å². The molecular formula is C12H14BrNO3. The maximum Gasteiger partial charge on any atom is 0.310 e. The topological polar surface area (TPSA) is 59.4 Å². The smallest absolute Gasteiger partial charge is 0.310 e. The summed E-state index contributed by atoms with van der Waals surface area (Å²) in [5.74, 6) is -0.735. The third-order valence-corrected chi connectivity index (χ3v) is 3.64. The molecule has 0 aromatic carbocycles. The second-order valence-corrected chi connectivity index (χ2v) is 5.30. The van der Waals surface area contributed by atoms with Crippen LogP contribution in [0.25, 0.3) is 0 Å². The fraction of sp³-hybridized carbons (Fsp3) is 0.500. The van der Waals surface area contributed by atoms with Crippen molar-refractivity contribution < 1.29 is 14.6 Å². The first-order valence-electron chi connectivity index (χ1n) is 5.53. The molecule has 0 atom stereocenters. The zero-order valence-corrected chi connectivity index (χ0v) is 10.9. The summed E-state index contributed by atoms with van der Waals surface area (Å²) in [6, 6.07) is 1.92. The Kier molecular flexibility index (Phi) is 3.79. The molecule has 0 saturated carbocycles. The lowest BCUT2D eigenvalue weighted by molar-refractivity contribution is -0.154. The Labute approximate surface area is 108 Å². The van der Waals surface area contributed by atoms with Crippen molar-refractivity contribution in [1.29, 1.82) is 0 Å².